The molecule has 2 aliphatic heterocycles. The molecule has 1 amide bonds. The van der Waals surface area contributed by atoms with Crippen LogP contribution >= 0.6 is 0 Å². The Morgan fingerprint density at radius 3 is 2.81 bits per heavy atom. The fourth-order valence-electron chi connectivity index (χ4n) is 2.41. The van der Waals surface area contributed by atoms with Gasteiger partial charge in [0.15, 0.2) is 11.5 Å². The van der Waals surface area contributed by atoms with Gasteiger partial charge in [0.25, 0.3) is 0 Å². The SMILES string of the molecule is O=C(CN1CCOCC1)NCC1COc2ccccc2O1. The van der Waals surface area contributed by atoms with Crippen LogP contribution in [0.2, 0.25) is 0 Å². The molecular weight excluding hydrogens is 272 g/mol. The van der Waals surface area contributed by atoms with Gasteiger partial charge in [-0.1, -0.05) is 12.1 Å². The van der Waals surface area contributed by atoms with Crippen LogP contribution in [0.4, 0.5) is 0 Å². The average Bonchev–Trinajstić information content (AvgIpc) is 2.54. The maximum Gasteiger partial charge on any atom is 0.234 e. The van der Waals surface area contributed by atoms with Crippen molar-refractivity contribution < 1.29 is 19.0 Å². The van der Waals surface area contributed by atoms with Gasteiger partial charge in [-0.2, -0.15) is 0 Å². The number of nitrogens with zero attached hydrogens (tertiary/aromatic N) is 1. The lowest BCUT2D eigenvalue weighted by molar-refractivity contribution is -0.123. The van der Waals surface area contributed by atoms with Gasteiger partial charge in [0.2, 0.25) is 5.91 Å². The summed E-state index contributed by atoms with van der Waals surface area (Å²) < 4.78 is 16.7. The van der Waals surface area contributed by atoms with Gasteiger partial charge in [-0.25, -0.2) is 0 Å². The highest BCUT2D eigenvalue weighted by molar-refractivity contribution is 5.78. The van der Waals surface area contributed by atoms with Gasteiger partial charge >= 0.3 is 0 Å². The smallest absolute Gasteiger partial charge is 0.234 e. The molecule has 0 radical (unpaired) electrons. The molecule has 114 valence electrons. The third-order valence-corrected chi connectivity index (χ3v) is 3.57. The van der Waals surface area contributed by atoms with E-state index in [0.29, 0.717) is 32.9 Å². The maximum absolute atomic E-state index is 11.9. The van der Waals surface area contributed by atoms with Gasteiger partial charge in [0.05, 0.1) is 26.3 Å². The molecule has 6 heteroatoms. The summed E-state index contributed by atoms with van der Waals surface area (Å²) in [5.41, 5.74) is 0. The van der Waals surface area contributed by atoms with Crippen LogP contribution in [0.25, 0.3) is 0 Å². The van der Waals surface area contributed by atoms with Crippen LogP contribution in [-0.2, 0) is 9.53 Å². The van der Waals surface area contributed by atoms with Crippen molar-refractivity contribution in [1.29, 1.82) is 0 Å². The van der Waals surface area contributed by atoms with E-state index in [9.17, 15) is 4.79 Å². The summed E-state index contributed by atoms with van der Waals surface area (Å²) >= 11 is 0. The van der Waals surface area contributed by atoms with E-state index in [2.05, 4.69) is 10.2 Å². The van der Waals surface area contributed by atoms with Crippen molar-refractivity contribution in [3.05, 3.63) is 24.3 Å². The molecule has 1 atom stereocenters. The van der Waals surface area contributed by atoms with Crippen LogP contribution in [0.1, 0.15) is 0 Å². The Hall–Kier alpha value is -1.79. The standard InChI is InChI=1S/C15H20N2O4/c18-15(10-17-5-7-19-8-6-17)16-9-12-11-20-13-3-1-2-4-14(13)21-12/h1-4,12H,5-11H2,(H,16,18). The molecule has 0 spiro atoms. The minimum atomic E-state index is -0.145. The molecule has 1 aromatic rings. The van der Waals surface area contributed by atoms with Crippen molar-refractivity contribution in [2.75, 3.05) is 46.0 Å². The fraction of sp³-hybridized carbons (Fsp3) is 0.533. The molecule has 6 nitrogen and oxygen atoms in total. The van der Waals surface area contributed by atoms with Crippen LogP contribution in [-0.4, -0.2) is 62.9 Å². The number of hydrogen-bond acceptors (Lipinski definition) is 5. The highest BCUT2D eigenvalue weighted by atomic mass is 16.6. The molecule has 0 bridgehead atoms. The molecule has 1 saturated heterocycles. The van der Waals surface area contributed by atoms with Gasteiger partial charge in [0, 0.05) is 13.1 Å². The van der Waals surface area contributed by atoms with Crippen molar-refractivity contribution in [2.24, 2.45) is 0 Å². The first kappa shape index (κ1) is 14.2. The van der Waals surface area contributed by atoms with Gasteiger partial charge in [0.1, 0.15) is 12.7 Å². The lowest BCUT2D eigenvalue weighted by Crippen LogP contribution is -2.46. The second-order valence-corrected chi connectivity index (χ2v) is 5.19. The monoisotopic (exact) mass is 292 g/mol. The number of carbonyl (C=O) groups excluding carboxylic acids is 1. The predicted molar refractivity (Wildman–Crippen MR) is 76.6 cm³/mol. The molecular formula is C15H20N2O4. The molecule has 3 rings (SSSR count). The molecule has 0 aromatic heterocycles. The first-order valence-electron chi connectivity index (χ1n) is 7.26. The Bertz CT molecular complexity index is 488. The molecule has 1 N–H and O–H groups in total. The van der Waals surface area contributed by atoms with Crippen molar-refractivity contribution in [2.45, 2.75) is 6.10 Å². The van der Waals surface area contributed by atoms with E-state index in [1.165, 1.54) is 0 Å². The van der Waals surface area contributed by atoms with E-state index >= 15 is 0 Å². The molecule has 1 aromatic carbocycles. The number of hydrogen-bond donors (Lipinski definition) is 1. The van der Waals surface area contributed by atoms with Gasteiger partial charge in [-0.3, -0.25) is 9.69 Å². The molecule has 2 aliphatic rings. The largest absolute Gasteiger partial charge is 0.486 e. The van der Waals surface area contributed by atoms with E-state index < -0.39 is 0 Å². The van der Waals surface area contributed by atoms with Crippen LogP contribution in [0.3, 0.4) is 0 Å². The first-order chi connectivity index (χ1) is 10.3. The van der Waals surface area contributed by atoms with Crippen LogP contribution in [0.5, 0.6) is 11.5 Å². The Kier molecular flexibility index (Phi) is 4.57. The fourth-order valence-corrected chi connectivity index (χ4v) is 2.41. The zero-order valence-corrected chi connectivity index (χ0v) is 11.9. The van der Waals surface area contributed by atoms with Crippen LogP contribution in [0, 0.1) is 0 Å². The summed E-state index contributed by atoms with van der Waals surface area (Å²) in [6.07, 6.45) is -0.145. The number of fused-ring (bicyclic) bond motifs is 1. The number of carbonyl (C=O) groups is 1. The average molecular weight is 292 g/mol. The zero-order valence-electron chi connectivity index (χ0n) is 11.9. The topological polar surface area (TPSA) is 60.0 Å². The van der Waals surface area contributed by atoms with Crippen molar-refractivity contribution in [3.8, 4) is 11.5 Å². The van der Waals surface area contributed by atoms with E-state index in [1.54, 1.807) is 0 Å². The van der Waals surface area contributed by atoms with E-state index in [0.717, 1.165) is 24.6 Å². The van der Waals surface area contributed by atoms with E-state index in [4.69, 9.17) is 14.2 Å². The number of benzene rings is 1. The lowest BCUT2D eigenvalue weighted by atomic mass is 10.2. The van der Waals surface area contributed by atoms with Crippen molar-refractivity contribution in [3.63, 3.8) is 0 Å². The zero-order chi connectivity index (χ0) is 14.5. The second kappa shape index (κ2) is 6.78. The summed E-state index contributed by atoms with van der Waals surface area (Å²) in [6, 6.07) is 7.56. The number of amides is 1. The Morgan fingerprint density at radius 1 is 1.24 bits per heavy atom. The number of ether oxygens (including phenoxy) is 3. The lowest BCUT2D eigenvalue weighted by Gasteiger charge is -2.28. The summed E-state index contributed by atoms with van der Waals surface area (Å²) in [5, 5.41) is 2.90. The van der Waals surface area contributed by atoms with Crippen molar-refractivity contribution in [1.82, 2.24) is 10.2 Å². The molecule has 1 fully saturated rings. The van der Waals surface area contributed by atoms with Crippen LogP contribution in [0.15, 0.2) is 24.3 Å². The second-order valence-electron chi connectivity index (χ2n) is 5.19. The third-order valence-electron chi connectivity index (χ3n) is 3.57. The Balaban J connectivity index is 1.42. The number of rotatable bonds is 4. The summed E-state index contributed by atoms with van der Waals surface area (Å²) in [7, 11) is 0. The molecule has 0 saturated carbocycles. The maximum atomic E-state index is 11.9. The normalized spacial score (nSPS) is 21.8. The van der Waals surface area contributed by atoms with Gasteiger partial charge in [-0.05, 0) is 12.1 Å². The molecule has 0 aliphatic carbocycles. The number of nitrogens with one attached hydrogen (secondary N) is 1. The Morgan fingerprint density at radius 2 is 2.00 bits per heavy atom. The Labute approximate surface area is 124 Å². The first-order valence-corrected chi connectivity index (χ1v) is 7.26. The molecule has 1 unspecified atom stereocenters. The predicted octanol–water partition coefficient (Wildman–Crippen LogP) is 0.275. The minimum Gasteiger partial charge on any atom is -0.486 e. The quantitative estimate of drug-likeness (QED) is 0.863. The van der Waals surface area contributed by atoms with Crippen LogP contribution < -0.4 is 14.8 Å². The highest BCUT2D eigenvalue weighted by Crippen LogP contribution is 2.30. The highest BCUT2D eigenvalue weighted by Gasteiger charge is 2.21. The summed E-state index contributed by atoms with van der Waals surface area (Å²) in [6.45, 7) is 4.33. The van der Waals surface area contributed by atoms with E-state index in [-0.39, 0.29) is 12.0 Å². The van der Waals surface area contributed by atoms with Gasteiger partial charge in [-0.15, -0.1) is 0 Å². The summed E-state index contributed by atoms with van der Waals surface area (Å²) in [4.78, 5) is 14.0. The van der Waals surface area contributed by atoms with Crippen molar-refractivity contribution >= 4 is 5.91 Å². The third kappa shape index (κ3) is 3.86. The number of morpholine rings is 1. The number of para-hydroxylation sites is 2. The van der Waals surface area contributed by atoms with Gasteiger partial charge < -0.3 is 19.5 Å². The van der Waals surface area contributed by atoms with E-state index in [1.807, 2.05) is 24.3 Å². The molecule has 21 heavy (non-hydrogen) atoms. The summed E-state index contributed by atoms with van der Waals surface area (Å²) in [5.74, 6) is 1.50. The minimum absolute atomic E-state index is 0.0133. The molecule has 2 heterocycles.